The Hall–Kier alpha value is -3.72. The van der Waals surface area contributed by atoms with Gasteiger partial charge in [0.25, 0.3) is 5.91 Å². The van der Waals surface area contributed by atoms with Crippen LogP contribution in [0.2, 0.25) is 0 Å². The van der Waals surface area contributed by atoms with Gasteiger partial charge in [0.15, 0.2) is 5.54 Å². The van der Waals surface area contributed by atoms with Crippen LogP contribution in [0.4, 0.5) is 4.79 Å². The van der Waals surface area contributed by atoms with Crippen LogP contribution in [0.25, 0.3) is 10.6 Å². The average Bonchev–Trinajstić information content (AvgIpc) is 3.39. The Labute approximate surface area is 182 Å². The zero-order chi connectivity index (χ0) is 21.8. The predicted molar refractivity (Wildman–Crippen MR) is 115 cm³/mol. The second-order valence-corrected chi connectivity index (χ2v) is 8.13. The van der Waals surface area contributed by atoms with Crippen LogP contribution in [0.15, 0.2) is 60.8 Å². The number of rotatable bonds is 8. The van der Waals surface area contributed by atoms with Crippen LogP contribution in [-0.2, 0) is 21.7 Å². The first-order valence-corrected chi connectivity index (χ1v) is 10.3. The fraction of sp³-hybridized carbons (Fsp3) is 0.182. The molecule has 1 aliphatic rings. The van der Waals surface area contributed by atoms with E-state index in [9.17, 15) is 14.4 Å². The molecule has 1 saturated heterocycles. The lowest BCUT2D eigenvalue weighted by Gasteiger charge is -2.30. The molecule has 9 heteroatoms. The Kier molecular flexibility index (Phi) is 5.68. The molecular weight excluding hydrogens is 416 g/mol. The van der Waals surface area contributed by atoms with Crippen molar-refractivity contribution in [2.45, 2.75) is 12.1 Å². The van der Waals surface area contributed by atoms with Crippen molar-refractivity contribution in [1.82, 2.24) is 20.5 Å². The van der Waals surface area contributed by atoms with Gasteiger partial charge in [0, 0.05) is 17.6 Å². The molecule has 3 aromatic rings. The molecule has 1 atom stereocenters. The van der Waals surface area contributed by atoms with E-state index in [-0.39, 0.29) is 13.1 Å². The van der Waals surface area contributed by atoms with Gasteiger partial charge in [0.05, 0.1) is 24.2 Å². The Balaban J connectivity index is 1.63. The number of carbonyl (C=O) groups is 3. The molecule has 1 fully saturated rings. The van der Waals surface area contributed by atoms with Crippen molar-refractivity contribution in [1.29, 1.82) is 0 Å². The molecule has 4 amide bonds. The highest BCUT2D eigenvalue weighted by Gasteiger charge is 2.50. The summed E-state index contributed by atoms with van der Waals surface area (Å²) in [5.74, 6) is 0.217. The molecule has 4 rings (SSSR count). The van der Waals surface area contributed by atoms with Crippen LogP contribution in [0.5, 0.6) is 5.75 Å². The topological polar surface area (TPSA) is 101 Å². The number of thiophene rings is 1. The van der Waals surface area contributed by atoms with Crippen molar-refractivity contribution in [3.05, 3.63) is 71.2 Å². The predicted octanol–water partition coefficient (Wildman–Crippen LogP) is 2.51. The quantitative estimate of drug-likeness (QED) is 0.417. The van der Waals surface area contributed by atoms with E-state index in [1.165, 1.54) is 16.2 Å². The number of aromatic nitrogens is 1. The standard InChI is InChI=1S/C22H20N4O4S/c1-30-16-7-5-15(6-8-16)12-26(14-27)13-22(20(28)24-21(29)25-22)19-10-9-18(31-19)17-4-2-3-11-23-17/h2-11,14H,12-13H2,1H3,(H2,24,25,28,29). The minimum atomic E-state index is -1.37. The Bertz CT molecular complexity index is 1100. The van der Waals surface area contributed by atoms with Gasteiger partial charge in [-0.2, -0.15) is 0 Å². The summed E-state index contributed by atoms with van der Waals surface area (Å²) in [5, 5.41) is 5.04. The summed E-state index contributed by atoms with van der Waals surface area (Å²) in [6.45, 7) is 0.263. The lowest BCUT2D eigenvalue weighted by molar-refractivity contribution is -0.127. The van der Waals surface area contributed by atoms with Gasteiger partial charge in [-0.3, -0.25) is 19.9 Å². The minimum absolute atomic E-state index is 0.0116. The summed E-state index contributed by atoms with van der Waals surface area (Å²) in [6, 6.07) is 15.9. The average molecular weight is 436 g/mol. The molecule has 0 aliphatic carbocycles. The normalized spacial score (nSPS) is 17.7. The van der Waals surface area contributed by atoms with Gasteiger partial charge in [-0.05, 0) is 42.0 Å². The second kappa shape index (κ2) is 8.57. The Morgan fingerprint density at radius 1 is 1.13 bits per heavy atom. The summed E-state index contributed by atoms with van der Waals surface area (Å²) < 4.78 is 5.16. The number of imide groups is 1. The number of carbonyl (C=O) groups excluding carboxylic acids is 3. The Morgan fingerprint density at radius 3 is 2.55 bits per heavy atom. The largest absolute Gasteiger partial charge is 0.497 e. The third kappa shape index (κ3) is 4.13. The van der Waals surface area contributed by atoms with E-state index in [1.54, 1.807) is 31.5 Å². The van der Waals surface area contributed by atoms with Gasteiger partial charge in [-0.15, -0.1) is 11.3 Å². The number of hydrogen-bond acceptors (Lipinski definition) is 6. The number of nitrogens with zero attached hydrogens (tertiary/aromatic N) is 2. The number of urea groups is 1. The monoisotopic (exact) mass is 436 g/mol. The number of pyridine rings is 1. The fourth-order valence-corrected chi connectivity index (χ4v) is 4.59. The first kappa shape index (κ1) is 20.5. The molecule has 158 valence electrons. The van der Waals surface area contributed by atoms with Gasteiger partial charge in [-0.25, -0.2) is 4.79 Å². The summed E-state index contributed by atoms with van der Waals surface area (Å²) in [4.78, 5) is 44.1. The van der Waals surface area contributed by atoms with Gasteiger partial charge in [-0.1, -0.05) is 18.2 Å². The first-order chi connectivity index (χ1) is 15.0. The smallest absolute Gasteiger partial charge is 0.322 e. The molecule has 0 bridgehead atoms. The van der Waals surface area contributed by atoms with E-state index in [1.807, 2.05) is 36.4 Å². The molecule has 0 radical (unpaired) electrons. The number of benzene rings is 1. The fourth-order valence-electron chi connectivity index (χ4n) is 3.47. The maximum atomic E-state index is 12.9. The zero-order valence-corrected chi connectivity index (χ0v) is 17.5. The molecule has 3 heterocycles. The van der Waals surface area contributed by atoms with Crippen molar-refractivity contribution < 1.29 is 19.1 Å². The van der Waals surface area contributed by atoms with E-state index in [0.29, 0.717) is 17.0 Å². The van der Waals surface area contributed by atoms with Crippen molar-refractivity contribution in [3.8, 4) is 16.3 Å². The number of amides is 4. The van der Waals surface area contributed by atoms with Crippen molar-refractivity contribution >= 4 is 29.7 Å². The van der Waals surface area contributed by atoms with E-state index in [2.05, 4.69) is 15.6 Å². The summed E-state index contributed by atoms with van der Waals surface area (Å²) in [7, 11) is 1.58. The molecule has 1 aromatic carbocycles. The summed E-state index contributed by atoms with van der Waals surface area (Å²) >= 11 is 1.35. The number of nitrogens with one attached hydrogen (secondary N) is 2. The number of ether oxygens (including phenoxy) is 1. The van der Waals surface area contributed by atoms with Gasteiger partial charge in [0.2, 0.25) is 6.41 Å². The molecule has 0 saturated carbocycles. The molecule has 1 unspecified atom stereocenters. The molecule has 2 N–H and O–H groups in total. The molecule has 31 heavy (non-hydrogen) atoms. The highest BCUT2D eigenvalue weighted by molar-refractivity contribution is 7.15. The van der Waals surface area contributed by atoms with E-state index >= 15 is 0 Å². The molecule has 0 spiro atoms. The summed E-state index contributed by atoms with van der Waals surface area (Å²) in [6.07, 6.45) is 2.37. The number of hydrogen-bond donors (Lipinski definition) is 2. The lowest BCUT2D eigenvalue weighted by Crippen LogP contribution is -2.51. The van der Waals surface area contributed by atoms with Crippen molar-refractivity contribution in [2.24, 2.45) is 0 Å². The van der Waals surface area contributed by atoms with Crippen LogP contribution in [-0.4, -0.2) is 41.9 Å². The third-order valence-corrected chi connectivity index (χ3v) is 6.29. The lowest BCUT2D eigenvalue weighted by atomic mass is 9.96. The minimum Gasteiger partial charge on any atom is -0.497 e. The first-order valence-electron chi connectivity index (χ1n) is 9.51. The summed E-state index contributed by atoms with van der Waals surface area (Å²) in [5.41, 5.74) is 0.263. The van der Waals surface area contributed by atoms with Gasteiger partial charge < -0.3 is 15.0 Å². The maximum absolute atomic E-state index is 12.9. The zero-order valence-electron chi connectivity index (χ0n) is 16.7. The van der Waals surface area contributed by atoms with Crippen molar-refractivity contribution in [3.63, 3.8) is 0 Å². The van der Waals surface area contributed by atoms with E-state index in [4.69, 9.17) is 4.74 Å². The highest BCUT2D eigenvalue weighted by atomic mass is 32.1. The van der Waals surface area contributed by atoms with Crippen LogP contribution in [0.1, 0.15) is 10.4 Å². The molecule has 2 aromatic heterocycles. The molecular formula is C22H20N4O4S. The second-order valence-electron chi connectivity index (χ2n) is 7.05. The molecule has 1 aliphatic heterocycles. The SMILES string of the molecule is COc1ccc(CN(C=O)CC2(c3ccc(-c4ccccn4)s3)NC(=O)NC2=O)cc1. The Morgan fingerprint density at radius 2 is 1.94 bits per heavy atom. The van der Waals surface area contributed by atoms with Crippen LogP contribution in [0.3, 0.4) is 0 Å². The van der Waals surface area contributed by atoms with Gasteiger partial charge in [0.1, 0.15) is 5.75 Å². The maximum Gasteiger partial charge on any atom is 0.322 e. The van der Waals surface area contributed by atoms with Gasteiger partial charge >= 0.3 is 6.03 Å². The van der Waals surface area contributed by atoms with E-state index in [0.717, 1.165) is 16.1 Å². The highest BCUT2D eigenvalue weighted by Crippen LogP contribution is 2.36. The van der Waals surface area contributed by atoms with Crippen LogP contribution in [0, 0.1) is 0 Å². The molecule has 8 nitrogen and oxygen atoms in total. The van der Waals surface area contributed by atoms with Crippen LogP contribution < -0.4 is 15.4 Å². The van der Waals surface area contributed by atoms with Crippen LogP contribution >= 0.6 is 11.3 Å². The third-order valence-electron chi connectivity index (χ3n) is 5.02. The van der Waals surface area contributed by atoms with Crippen molar-refractivity contribution in [2.75, 3.05) is 13.7 Å². The number of methoxy groups -OCH3 is 1. The van der Waals surface area contributed by atoms with E-state index < -0.39 is 17.5 Å².